The molecule has 2 aliphatic rings. The minimum absolute atomic E-state index is 0.771. The first-order chi connectivity index (χ1) is 10.3. The summed E-state index contributed by atoms with van der Waals surface area (Å²) in [5, 5.41) is 3.77. The fraction of sp³-hybridized carbons (Fsp3) is 1.00. The van der Waals surface area contributed by atoms with Gasteiger partial charge >= 0.3 is 0 Å². The van der Waals surface area contributed by atoms with Crippen LogP contribution < -0.4 is 5.32 Å². The van der Waals surface area contributed by atoms with Gasteiger partial charge in [0, 0.05) is 38.8 Å². The van der Waals surface area contributed by atoms with Gasteiger partial charge in [-0.25, -0.2) is 0 Å². The normalized spacial score (nSPS) is 32.4. The number of likely N-dealkylation sites (N-methyl/N-ethyl adjacent to an activating group) is 1. The highest BCUT2D eigenvalue weighted by molar-refractivity contribution is 4.87. The molecule has 3 unspecified atom stereocenters. The van der Waals surface area contributed by atoms with Gasteiger partial charge in [0.25, 0.3) is 0 Å². The summed E-state index contributed by atoms with van der Waals surface area (Å²) in [6.45, 7) is 15.7. The Hall–Kier alpha value is -0.120. The Morgan fingerprint density at radius 3 is 2.29 bits per heavy atom. The summed E-state index contributed by atoms with van der Waals surface area (Å²) >= 11 is 0. The maximum absolute atomic E-state index is 3.77. The largest absolute Gasteiger partial charge is 0.314 e. The molecule has 3 atom stereocenters. The molecule has 0 aromatic rings. The predicted octanol–water partition coefficient (Wildman–Crippen LogP) is 2.82. The molecule has 0 aromatic carbocycles. The number of rotatable bonds is 7. The Kier molecular flexibility index (Phi) is 7.48. The van der Waals surface area contributed by atoms with E-state index in [-0.39, 0.29) is 0 Å². The van der Waals surface area contributed by atoms with Gasteiger partial charge in [-0.1, -0.05) is 33.6 Å². The van der Waals surface area contributed by atoms with Crippen LogP contribution in [0.5, 0.6) is 0 Å². The van der Waals surface area contributed by atoms with Crippen molar-refractivity contribution in [2.45, 2.75) is 58.9 Å². The molecule has 1 aliphatic heterocycles. The third-order valence-corrected chi connectivity index (χ3v) is 5.66. The molecule has 1 N–H and O–H groups in total. The summed E-state index contributed by atoms with van der Waals surface area (Å²) in [4.78, 5) is 5.31. The molecule has 21 heavy (non-hydrogen) atoms. The summed E-state index contributed by atoms with van der Waals surface area (Å²) < 4.78 is 0. The van der Waals surface area contributed by atoms with Crippen LogP contribution in [0.25, 0.3) is 0 Å². The molecule has 1 heterocycles. The second-order valence-electron chi connectivity index (χ2n) is 7.13. The standard InChI is InChI=1S/C18H37N3/c1-4-7-16-8-9-18(19-5-2)17(14-16)15-21-12-10-20(6-3)11-13-21/h16-19H,4-15H2,1-3H3. The van der Waals surface area contributed by atoms with E-state index in [1.807, 2.05) is 0 Å². The third-order valence-electron chi connectivity index (χ3n) is 5.66. The SMILES string of the molecule is CCCC1CCC(NCC)C(CN2CCN(CC)CC2)C1. The van der Waals surface area contributed by atoms with E-state index in [1.54, 1.807) is 0 Å². The fourth-order valence-electron chi connectivity index (χ4n) is 4.38. The lowest BCUT2D eigenvalue weighted by atomic mass is 9.76. The maximum Gasteiger partial charge on any atom is 0.0110 e. The van der Waals surface area contributed by atoms with E-state index in [0.29, 0.717) is 0 Å². The summed E-state index contributed by atoms with van der Waals surface area (Å²) in [6.07, 6.45) is 7.11. The summed E-state index contributed by atoms with van der Waals surface area (Å²) in [5.74, 6) is 1.87. The van der Waals surface area contributed by atoms with Crippen molar-refractivity contribution in [3.63, 3.8) is 0 Å². The molecular formula is C18H37N3. The lowest BCUT2D eigenvalue weighted by molar-refractivity contribution is 0.0901. The first-order valence-electron chi connectivity index (χ1n) is 9.44. The zero-order chi connectivity index (χ0) is 15.1. The topological polar surface area (TPSA) is 18.5 Å². The van der Waals surface area contributed by atoms with Gasteiger partial charge < -0.3 is 15.1 Å². The van der Waals surface area contributed by atoms with E-state index in [9.17, 15) is 0 Å². The molecule has 1 saturated carbocycles. The molecule has 0 aromatic heterocycles. The second-order valence-corrected chi connectivity index (χ2v) is 7.13. The Labute approximate surface area is 132 Å². The van der Waals surface area contributed by atoms with Crippen molar-refractivity contribution in [3.05, 3.63) is 0 Å². The van der Waals surface area contributed by atoms with Crippen molar-refractivity contribution >= 4 is 0 Å². The molecule has 0 bridgehead atoms. The first kappa shape index (κ1) is 17.2. The zero-order valence-electron chi connectivity index (χ0n) is 14.6. The summed E-state index contributed by atoms with van der Waals surface area (Å²) in [5.41, 5.74) is 0. The molecule has 1 aliphatic carbocycles. The number of nitrogens with zero attached hydrogens (tertiary/aromatic N) is 2. The molecule has 0 radical (unpaired) electrons. The van der Waals surface area contributed by atoms with Crippen LogP contribution in [0.4, 0.5) is 0 Å². The minimum atomic E-state index is 0.771. The van der Waals surface area contributed by atoms with E-state index in [1.165, 1.54) is 71.4 Å². The second kappa shape index (κ2) is 9.12. The van der Waals surface area contributed by atoms with E-state index in [4.69, 9.17) is 0 Å². The average molecular weight is 296 g/mol. The van der Waals surface area contributed by atoms with Crippen molar-refractivity contribution in [1.29, 1.82) is 0 Å². The minimum Gasteiger partial charge on any atom is -0.314 e. The van der Waals surface area contributed by atoms with Crippen molar-refractivity contribution in [1.82, 2.24) is 15.1 Å². The molecule has 2 rings (SSSR count). The first-order valence-corrected chi connectivity index (χ1v) is 9.44. The van der Waals surface area contributed by atoms with Crippen LogP contribution >= 0.6 is 0 Å². The average Bonchev–Trinajstić information content (AvgIpc) is 2.51. The van der Waals surface area contributed by atoms with Crippen molar-refractivity contribution in [3.8, 4) is 0 Å². The van der Waals surface area contributed by atoms with E-state index in [0.717, 1.165) is 24.4 Å². The van der Waals surface area contributed by atoms with Gasteiger partial charge in [0.05, 0.1) is 0 Å². The Morgan fingerprint density at radius 2 is 1.67 bits per heavy atom. The van der Waals surface area contributed by atoms with Gasteiger partial charge in [0.1, 0.15) is 0 Å². The quantitative estimate of drug-likeness (QED) is 0.779. The molecule has 0 amide bonds. The fourth-order valence-corrected chi connectivity index (χ4v) is 4.38. The number of hydrogen-bond acceptors (Lipinski definition) is 3. The zero-order valence-corrected chi connectivity index (χ0v) is 14.6. The van der Waals surface area contributed by atoms with Gasteiger partial charge in [0.15, 0.2) is 0 Å². The summed E-state index contributed by atoms with van der Waals surface area (Å²) in [6, 6.07) is 0.771. The van der Waals surface area contributed by atoms with Crippen LogP contribution in [0, 0.1) is 11.8 Å². The Morgan fingerprint density at radius 1 is 0.952 bits per heavy atom. The summed E-state index contributed by atoms with van der Waals surface area (Å²) in [7, 11) is 0. The molecular weight excluding hydrogens is 258 g/mol. The monoisotopic (exact) mass is 295 g/mol. The Balaban J connectivity index is 1.84. The number of piperazine rings is 1. The predicted molar refractivity (Wildman–Crippen MR) is 91.8 cm³/mol. The van der Waals surface area contributed by atoms with Crippen molar-refractivity contribution in [2.24, 2.45) is 11.8 Å². The number of nitrogens with one attached hydrogen (secondary N) is 1. The van der Waals surface area contributed by atoms with E-state index < -0.39 is 0 Å². The van der Waals surface area contributed by atoms with Crippen molar-refractivity contribution < 1.29 is 0 Å². The van der Waals surface area contributed by atoms with Crippen LogP contribution in [-0.4, -0.2) is 61.7 Å². The van der Waals surface area contributed by atoms with Crippen molar-refractivity contribution in [2.75, 3.05) is 45.8 Å². The van der Waals surface area contributed by atoms with Crippen LogP contribution in [-0.2, 0) is 0 Å². The third kappa shape index (κ3) is 5.22. The van der Waals surface area contributed by atoms with Gasteiger partial charge in [-0.2, -0.15) is 0 Å². The van der Waals surface area contributed by atoms with E-state index in [2.05, 4.69) is 35.9 Å². The van der Waals surface area contributed by atoms with Gasteiger partial charge in [-0.3, -0.25) is 0 Å². The molecule has 2 fully saturated rings. The smallest absolute Gasteiger partial charge is 0.0110 e. The highest BCUT2D eigenvalue weighted by Gasteiger charge is 2.31. The van der Waals surface area contributed by atoms with Gasteiger partial charge in [-0.15, -0.1) is 0 Å². The Bertz CT molecular complexity index is 274. The molecule has 0 spiro atoms. The van der Waals surface area contributed by atoms with Crippen LogP contribution in [0.2, 0.25) is 0 Å². The lowest BCUT2D eigenvalue weighted by Gasteiger charge is -2.41. The van der Waals surface area contributed by atoms with Crippen LogP contribution in [0.3, 0.4) is 0 Å². The molecule has 3 heteroatoms. The van der Waals surface area contributed by atoms with Crippen LogP contribution in [0.1, 0.15) is 52.9 Å². The maximum atomic E-state index is 3.77. The number of hydrogen-bond donors (Lipinski definition) is 1. The van der Waals surface area contributed by atoms with Crippen LogP contribution in [0.15, 0.2) is 0 Å². The lowest BCUT2D eigenvalue weighted by Crippen LogP contribution is -2.51. The molecule has 1 saturated heterocycles. The van der Waals surface area contributed by atoms with Gasteiger partial charge in [0.2, 0.25) is 0 Å². The van der Waals surface area contributed by atoms with E-state index >= 15 is 0 Å². The van der Waals surface area contributed by atoms with Gasteiger partial charge in [-0.05, 0) is 44.2 Å². The highest BCUT2D eigenvalue weighted by atomic mass is 15.3. The molecule has 124 valence electrons. The highest BCUT2D eigenvalue weighted by Crippen LogP contribution is 2.33. The molecule has 3 nitrogen and oxygen atoms in total.